The number of likely N-dealkylation sites (N-methyl/N-ethyl adjacent to an activating group) is 1. The Balaban J connectivity index is 1.62. The van der Waals surface area contributed by atoms with E-state index < -0.39 is 0 Å². The van der Waals surface area contributed by atoms with E-state index >= 15 is 0 Å². The number of piperazine rings is 1. The highest BCUT2D eigenvalue weighted by atomic mass is 16.5. The van der Waals surface area contributed by atoms with Gasteiger partial charge in [0.15, 0.2) is 0 Å². The summed E-state index contributed by atoms with van der Waals surface area (Å²) in [6.07, 6.45) is 6.25. The molecule has 23 heavy (non-hydrogen) atoms. The van der Waals surface area contributed by atoms with Gasteiger partial charge >= 0.3 is 0 Å². The highest BCUT2D eigenvalue weighted by Gasteiger charge is 2.25. The fraction of sp³-hybridized carbons (Fsp3) is 0.684. The second-order valence-corrected chi connectivity index (χ2v) is 7.01. The topological polar surface area (TPSA) is 35.9 Å². The third-order valence-corrected chi connectivity index (χ3v) is 5.29. The maximum absolute atomic E-state index is 9.25. The molecule has 4 nitrogen and oxygen atoms in total. The van der Waals surface area contributed by atoms with Crippen molar-refractivity contribution in [3.63, 3.8) is 0 Å². The maximum atomic E-state index is 9.25. The van der Waals surface area contributed by atoms with Gasteiger partial charge in [0.2, 0.25) is 0 Å². The number of ether oxygens (including phenoxy) is 1. The number of para-hydroxylation sites is 1. The Kier molecular flexibility index (Phi) is 5.92. The second-order valence-electron chi connectivity index (χ2n) is 7.01. The van der Waals surface area contributed by atoms with Crippen LogP contribution in [0.4, 0.5) is 0 Å². The molecule has 0 bridgehead atoms. The highest BCUT2D eigenvalue weighted by molar-refractivity contribution is 5.33. The zero-order valence-electron chi connectivity index (χ0n) is 14.3. The van der Waals surface area contributed by atoms with Gasteiger partial charge in [-0.2, -0.15) is 0 Å². The van der Waals surface area contributed by atoms with Crippen LogP contribution in [0.3, 0.4) is 0 Å². The Bertz CT molecular complexity index is 488. The predicted molar refractivity (Wildman–Crippen MR) is 92.7 cm³/mol. The lowest BCUT2D eigenvalue weighted by molar-refractivity contribution is 0.0733. The fourth-order valence-electron chi connectivity index (χ4n) is 3.79. The van der Waals surface area contributed by atoms with E-state index in [0.29, 0.717) is 12.1 Å². The van der Waals surface area contributed by atoms with Gasteiger partial charge in [0.1, 0.15) is 5.75 Å². The maximum Gasteiger partial charge on any atom is 0.124 e. The molecule has 1 saturated heterocycles. The minimum absolute atomic E-state index is 0.268. The van der Waals surface area contributed by atoms with E-state index in [1.807, 2.05) is 0 Å². The number of benzene rings is 1. The molecule has 0 amide bonds. The van der Waals surface area contributed by atoms with E-state index in [1.165, 1.54) is 31.2 Å². The van der Waals surface area contributed by atoms with Gasteiger partial charge in [0, 0.05) is 44.4 Å². The molecule has 0 radical (unpaired) electrons. The molecule has 1 saturated carbocycles. The largest absolute Gasteiger partial charge is 0.490 e. The summed E-state index contributed by atoms with van der Waals surface area (Å²) in [7, 11) is 2.16. The van der Waals surface area contributed by atoms with Crippen molar-refractivity contribution in [1.29, 1.82) is 0 Å². The SMILES string of the molecule is CN1CCN(Cc2ccccc2OC2CCCC2)CC1CCO. The standard InChI is InChI=1S/C19H30N2O2/c1-20-11-12-21(15-17(20)10-13-22)14-16-6-2-5-9-19(16)23-18-7-3-4-8-18/h2,5-6,9,17-18,22H,3-4,7-8,10-15H2,1H3. The molecule has 0 spiro atoms. The molecular formula is C19H30N2O2. The van der Waals surface area contributed by atoms with E-state index in [1.54, 1.807) is 0 Å². The van der Waals surface area contributed by atoms with Crippen LogP contribution in [0.2, 0.25) is 0 Å². The Hall–Kier alpha value is -1.10. The van der Waals surface area contributed by atoms with Crippen LogP contribution in [-0.2, 0) is 6.54 Å². The first-order valence-electron chi connectivity index (χ1n) is 9.04. The molecule has 4 heteroatoms. The molecule has 2 fully saturated rings. The molecule has 1 aromatic carbocycles. The molecular weight excluding hydrogens is 288 g/mol. The summed E-state index contributed by atoms with van der Waals surface area (Å²) in [5.74, 6) is 1.07. The summed E-state index contributed by atoms with van der Waals surface area (Å²) >= 11 is 0. The Morgan fingerprint density at radius 3 is 2.74 bits per heavy atom. The summed E-state index contributed by atoms with van der Waals surface area (Å²) in [6, 6.07) is 8.96. The van der Waals surface area contributed by atoms with Crippen LogP contribution in [-0.4, -0.2) is 60.3 Å². The van der Waals surface area contributed by atoms with Crippen molar-refractivity contribution in [2.75, 3.05) is 33.3 Å². The normalized spacial score (nSPS) is 24.2. The summed E-state index contributed by atoms with van der Waals surface area (Å²) < 4.78 is 6.27. The number of hydrogen-bond donors (Lipinski definition) is 1. The summed E-state index contributed by atoms with van der Waals surface area (Å²) in [6.45, 7) is 4.38. The molecule has 1 aromatic rings. The highest BCUT2D eigenvalue weighted by Crippen LogP contribution is 2.28. The third-order valence-electron chi connectivity index (χ3n) is 5.29. The van der Waals surface area contributed by atoms with Crippen LogP contribution < -0.4 is 4.74 Å². The first kappa shape index (κ1) is 16.7. The van der Waals surface area contributed by atoms with Crippen LogP contribution in [0.1, 0.15) is 37.7 Å². The van der Waals surface area contributed by atoms with Gasteiger partial charge in [0.25, 0.3) is 0 Å². The number of aliphatic hydroxyl groups excluding tert-OH is 1. The molecule has 1 N–H and O–H groups in total. The van der Waals surface area contributed by atoms with Gasteiger partial charge in [-0.25, -0.2) is 0 Å². The third kappa shape index (κ3) is 4.46. The van der Waals surface area contributed by atoms with Crippen LogP contribution in [0.25, 0.3) is 0 Å². The van der Waals surface area contributed by atoms with Gasteiger partial charge in [0.05, 0.1) is 6.10 Å². The van der Waals surface area contributed by atoms with E-state index in [2.05, 4.69) is 41.1 Å². The Morgan fingerprint density at radius 1 is 1.17 bits per heavy atom. The van der Waals surface area contributed by atoms with Crippen molar-refractivity contribution in [3.05, 3.63) is 29.8 Å². The van der Waals surface area contributed by atoms with Crippen LogP contribution in [0, 0.1) is 0 Å². The van der Waals surface area contributed by atoms with Crippen molar-refractivity contribution < 1.29 is 9.84 Å². The Labute approximate surface area is 140 Å². The first-order chi connectivity index (χ1) is 11.3. The smallest absolute Gasteiger partial charge is 0.124 e. The zero-order valence-corrected chi connectivity index (χ0v) is 14.3. The fourth-order valence-corrected chi connectivity index (χ4v) is 3.79. The minimum Gasteiger partial charge on any atom is -0.490 e. The number of aliphatic hydroxyl groups is 1. The van der Waals surface area contributed by atoms with E-state index in [4.69, 9.17) is 4.74 Å². The number of hydrogen-bond acceptors (Lipinski definition) is 4. The van der Waals surface area contributed by atoms with Gasteiger partial charge < -0.3 is 14.7 Å². The quantitative estimate of drug-likeness (QED) is 0.874. The van der Waals surface area contributed by atoms with Crippen molar-refractivity contribution in [2.45, 2.75) is 50.8 Å². The van der Waals surface area contributed by atoms with Crippen LogP contribution in [0.15, 0.2) is 24.3 Å². The minimum atomic E-state index is 0.268. The molecule has 1 atom stereocenters. The zero-order chi connectivity index (χ0) is 16.1. The second kappa shape index (κ2) is 8.13. The van der Waals surface area contributed by atoms with Crippen LogP contribution >= 0.6 is 0 Å². The van der Waals surface area contributed by atoms with Crippen molar-refractivity contribution in [1.82, 2.24) is 9.80 Å². The van der Waals surface area contributed by atoms with E-state index in [0.717, 1.165) is 38.3 Å². The molecule has 128 valence electrons. The van der Waals surface area contributed by atoms with E-state index in [9.17, 15) is 5.11 Å². The van der Waals surface area contributed by atoms with Gasteiger partial charge in [-0.05, 0) is 45.2 Å². The molecule has 1 heterocycles. The lowest BCUT2D eigenvalue weighted by atomic mass is 10.1. The first-order valence-corrected chi connectivity index (χ1v) is 9.04. The molecule has 3 rings (SSSR count). The van der Waals surface area contributed by atoms with Gasteiger partial charge in [-0.3, -0.25) is 4.90 Å². The molecule has 2 aliphatic rings. The molecule has 1 aliphatic carbocycles. The molecule has 1 unspecified atom stereocenters. The van der Waals surface area contributed by atoms with Crippen molar-refractivity contribution in [2.24, 2.45) is 0 Å². The van der Waals surface area contributed by atoms with Gasteiger partial charge in [-0.15, -0.1) is 0 Å². The monoisotopic (exact) mass is 318 g/mol. The van der Waals surface area contributed by atoms with E-state index in [-0.39, 0.29) is 6.61 Å². The molecule has 1 aliphatic heterocycles. The lowest BCUT2D eigenvalue weighted by Gasteiger charge is -2.39. The van der Waals surface area contributed by atoms with Gasteiger partial charge in [-0.1, -0.05) is 18.2 Å². The Morgan fingerprint density at radius 2 is 1.96 bits per heavy atom. The summed E-state index contributed by atoms with van der Waals surface area (Å²) in [5, 5.41) is 9.25. The number of rotatable bonds is 6. The summed E-state index contributed by atoms with van der Waals surface area (Å²) in [4.78, 5) is 4.87. The summed E-state index contributed by atoms with van der Waals surface area (Å²) in [5.41, 5.74) is 1.30. The van der Waals surface area contributed by atoms with Crippen LogP contribution in [0.5, 0.6) is 5.75 Å². The average molecular weight is 318 g/mol. The van der Waals surface area contributed by atoms with Crippen molar-refractivity contribution >= 4 is 0 Å². The molecule has 0 aromatic heterocycles. The van der Waals surface area contributed by atoms with Crippen molar-refractivity contribution in [3.8, 4) is 5.75 Å². The lowest BCUT2D eigenvalue weighted by Crippen LogP contribution is -2.51. The predicted octanol–water partition coefficient (Wildman–Crippen LogP) is 2.51. The number of nitrogens with zero attached hydrogens (tertiary/aromatic N) is 2. The average Bonchev–Trinajstić information content (AvgIpc) is 3.06.